The van der Waals surface area contributed by atoms with Gasteiger partial charge in [-0.1, -0.05) is 0 Å². The van der Waals surface area contributed by atoms with E-state index >= 15 is 0 Å². The molecular weight excluding hydrogens is 183 g/mol. The highest BCUT2D eigenvalue weighted by molar-refractivity contribution is 6.58. The van der Waals surface area contributed by atoms with Crippen LogP contribution in [0.25, 0.3) is 0 Å². The molecule has 2 N–H and O–H groups in total. The van der Waals surface area contributed by atoms with Crippen LogP contribution in [0.15, 0.2) is 12.4 Å². The van der Waals surface area contributed by atoms with E-state index in [9.17, 15) is 0 Å². The van der Waals surface area contributed by atoms with Gasteiger partial charge in [0.05, 0.1) is 0 Å². The van der Waals surface area contributed by atoms with Gasteiger partial charge in [0.2, 0.25) is 0 Å². The van der Waals surface area contributed by atoms with Crippen LogP contribution in [0, 0.1) is 0 Å². The molecule has 2 heterocycles. The van der Waals surface area contributed by atoms with Crippen LogP contribution >= 0.6 is 0 Å². The number of ether oxygens (including phenoxy) is 1. The molecule has 0 spiro atoms. The normalized spacial score (nSPS) is 22.3. The van der Waals surface area contributed by atoms with Crippen molar-refractivity contribution in [1.82, 2.24) is 9.78 Å². The minimum atomic E-state index is -1.45. The minimum Gasteiger partial charge on any atom is -0.423 e. The lowest BCUT2D eigenvalue weighted by atomic mass is 9.83. The Morgan fingerprint density at radius 1 is 1.50 bits per heavy atom. The molecule has 1 aromatic heterocycles. The molecule has 2 rings (SSSR count). The molecule has 0 bridgehead atoms. The Kier molecular flexibility index (Phi) is 2.86. The summed E-state index contributed by atoms with van der Waals surface area (Å²) in [7, 11) is -1.45. The quantitative estimate of drug-likeness (QED) is 0.611. The van der Waals surface area contributed by atoms with Crippen LogP contribution in [0.1, 0.15) is 25.5 Å². The first-order valence-corrected chi connectivity index (χ1v) is 4.79. The third-order valence-electron chi connectivity index (χ3n) is 2.37. The van der Waals surface area contributed by atoms with E-state index in [-0.39, 0.29) is 6.23 Å². The minimum absolute atomic E-state index is 0.0451. The molecular formula is C8H13BN2O3. The van der Waals surface area contributed by atoms with Crippen LogP contribution in [0.5, 0.6) is 0 Å². The van der Waals surface area contributed by atoms with E-state index in [1.165, 1.54) is 6.20 Å². The van der Waals surface area contributed by atoms with E-state index < -0.39 is 7.12 Å². The predicted octanol–water partition coefficient (Wildman–Crippen LogP) is -0.738. The lowest BCUT2D eigenvalue weighted by molar-refractivity contribution is -0.0394. The maximum Gasteiger partial charge on any atom is 0.491 e. The Bertz CT molecular complexity index is 297. The topological polar surface area (TPSA) is 67.5 Å². The van der Waals surface area contributed by atoms with Gasteiger partial charge in [-0.2, -0.15) is 5.10 Å². The summed E-state index contributed by atoms with van der Waals surface area (Å²) in [6.45, 7) is 0.752. The summed E-state index contributed by atoms with van der Waals surface area (Å²) in [6.07, 6.45) is 6.16. The summed E-state index contributed by atoms with van der Waals surface area (Å²) in [4.78, 5) is 0. The number of hydrogen-bond donors (Lipinski definition) is 2. The zero-order valence-corrected chi connectivity index (χ0v) is 7.83. The number of hydrogen-bond acceptors (Lipinski definition) is 4. The van der Waals surface area contributed by atoms with Crippen LogP contribution in [0.3, 0.4) is 0 Å². The van der Waals surface area contributed by atoms with Crippen molar-refractivity contribution in [3.05, 3.63) is 12.4 Å². The van der Waals surface area contributed by atoms with Gasteiger partial charge in [-0.3, -0.25) is 0 Å². The third-order valence-corrected chi connectivity index (χ3v) is 2.37. The summed E-state index contributed by atoms with van der Waals surface area (Å²) in [5.74, 6) is 0. The molecule has 5 nitrogen and oxygen atoms in total. The average Bonchev–Trinajstić information content (AvgIpc) is 2.68. The first-order valence-electron chi connectivity index (χ1n) is 4.79. The number of nitrogens with zero attached hydrogens (tertiary/aromatic N) is 2. The fourth-order valence-corrected chi connectivity index (χ4v) is 1.58. The largest absolute Gasteiger partial charge is 0.491 e. The smallest absolute Gasteiger partial charge is 0.423 e. The van der Waals surface area contributed by atoms with Crippen molar-refractivity contribution in [2.24, 2.45) is 0 Å². The van der Waals surface area contributed by atoms with Crippen LogP contribution < -0.4 is 5.46 Å². The van der Waals surface area contributed by atoms with Gasteiger partial charge in [-0.05, 0) is 19.3 Å². The molecule has 0 saturated carbocycles. The van der Waals surface area contributed by atoms with E-state index in [1.54, 1.807) is 10.9 Å². The Morgan fingerprint density at radius 2 is 2.36 bits per heavy atom. The van der Waals surface area contributed by atoms with Gasteiger partial charge < -0.3 is 14.8 Å². The Hall–Kier alpha value is -0.845. The van der Waals surface area contributed by atoms with Gasteiger partial charge in [-0.15, -0.1) is 0 Å². The molecule has 0 radical (unpaired) electrons. The molecule has 1 atom stereocenters. The second-order valence-corrected chi connectivity index (χ2v) is 3.45. The fraction of sp³-hybridized carbons (Fsp3) is 0.625. The van der Waals surface area contributed by atoms with Crippen molar-refractivity contribution in [3.63, 3.8) is 0 Å². The van der Waals surface area contributed by atoms with Crippen molar-refractivity contribution in [1.29, 1.82) is 0 Å². The van der Waals surface area contributed by atoms with Crippen LogP contribution in [-0.4, -0.2) is 33.6 Å². The molecule has 1 aliphatic rings. The maximum atomic E-state index is 8.90. The van der Waals surface area contributed by atoms with Crippen molar-refractivity contribution in [3.8, 4) is 0 Å². The predicted molar refractivity (Wildman–Crippen MR) is 50.9 cm³/mol. The second kappa shape index (κ2) is 4.12. The molecule has 1 aliphatic heterocycles. The molecule has 76 valence electrons. The zero-order valence-electron chi connectivity index (χ0n) is 7.83. The Morgan fingerprint density at radius 3 is 2.93 bits per heavy atom. The van der Waals surface area contributed by atoms with Crippen molar-refractivity contribution in [2.75, 3.05) is 6.61 Å². The van der Waals surface area contributed by atoms with E-state index in [0.717, 1.165) is 25.9 Å². The molecule has 0 aromatic carbocycles. The lowest BCUT2D eigenvalue weighted by Crippen LogP contribution is -2.29. The third kappa shape index (κ3) is 1.97. The second-order valence-electron chi connectivity index (χ2n) is 3.45. The molecule has 0 amide bonds. The average molecular weight is 196 g/mol. The van der Waals surface area contributed by atoms with Gasteiger partial charge in [0.15, 0.2) is 0 Å². The number of aromatic nitrogens is 2. The SMILES string of the molecule is OB(O)c1cnn([C@H]2CCCCO2)c1. The summed E-state index contributed by atoms with van der Waals surface area (Å²) < 4.78 is 7.14. The zero-order chi connectivity index (χ0) is 9.97. The van der Waals surface area contributed by atoms with E-state index in [0.29, 0.717) is 5.46 Å². The summed E-state index contributed by atoms with van der Waals surface area (Å²) in [5.41, 5.74) is 0.402. The molecule has 6 heteroatoms. The molecule has 1 aromatic rings. The number of rotatable bonds is 2. The highest BCUT2D eigenvalue weighted by atomic mass is 16.5. The summed E-state index contributed by atoms with van der Waals surface area (Å²) in [6, 6.07) is 0. The summed E-state index contributed by atoms with van der Waals surface area (Å²) in [5, 5.41) is 21.8. The first-order chi connectivity index (χ1) is 6.77. The van der Waals surface area contributed by atoms with Gasteiger partial charge in [0, 0.05) is 24.5 Å². The lowest BCUT2D eigenvalue weighted by Gasteiger charge is -2.22. The highest BCUT2D eigenvalue weighted by Crippen LogP contribution is 2.20. The van der Waals surface area contributed by atoms with Gasteiger partial charge in [-0.25, -0.2) is 4.68 Å². The molecule has 1 saturated heterocycles. The molecule has 14 heavy (non-hydrogen) atoms. The standard InChI is InChI=1S/C8H13BN2O3/c12-9(13)7-5-10-11(6-7)8-3-1-2-4-14-8/h5-6,8,12-13H,1-4H2/t8-/m1/s1. The Balaban J connectivity index is 2.07. The first kappa shape index (κ1) is 9.70. The Labute approximate surface area is 82.5 Å². The van der Waals surface area contributed by atoms with Gasteiger partial charge in [0.25, 0.3) is 0 Å². The van der Waals surface area contributed by atoms with Gasteiger partial charge in [0.1, 0.15) is 6.23 Å². The van der Waals surface area contributed by atoms with Crippen LogP contribution in [-0.2, 0) is 4.74 Å². The van der Waals surface area contributed by atoms with Crippen LogP contribution in [0.2, 0.25) is 0 Å². The van der Waals surface area contributed by atoms with E-state index in [1.807, 2.05) is 0 Å². The maximum absolute atomic E-state index is 8.90. The monoisotopic (exact) mass is 196 g/mol. The molecule has 1 fully saturated rings. The van der Waals surface area contributed by atoms with Crippen molar-refractivity contribution >= 4 is 12.6 Å². The van der Waals surface area contributed by atoms with E-state index in [2.05, 4.69) is 5.10 Å². The summed E-state index contributed by atoms with van der Waals surface area (Å²) >= 11 is 0. The van der Waals surface area contributed by atoms with E-state index in [4.69, 9.17) is 14.8 Å². The van der Waals surface area contributed by atoms with Crippen LogP contribution in [0.4, 0.5) is 0 Å². The van der Waals surface area contributed by atoms with Gasteiger partial charge >= 0.3 is 7.12 Å². The van der Waals surface area contributed by atoms with Crippen molar-refractivity contribution in [2.45, 2.75) is 25.5 Å². The highest BCUT2D eigenvalue weighted by Gasteiger charge is 2.19. The molecule has 0 unspecified atom stereocenters. The molecule has 0 aliphatic carbocycles. The fourth-order valence-electron chi connectivity index (χ4n) is 1.58. The van der Waals surface area contributed by atoms with Crippen molar-refractivity contribution < 1.29 is 14.8 Å².